The third-order valence-corrected chi connectivity index (χ3v) is 12.6. The summed E-state index contributed by atoms with van der Waals surface area (Å²) in [6, 6.07) is 2.38. The monoisotopic (exact) mass is 727 g/mol. The third kappa shape index (κ3) is 5.53. The highest BCUT2D eigenvalue weighted by Gasteiger charge is 2.47. The van der Waals surface area contributed by atoms with Crippen LogP contribution in [0.1, 0.15) is 55.7 Å². The van der Waals surface area contributed by atoms with E-state index in [2.05, 4.69) is 30.6 Å². The molecule has 9 rings (SSSR count). The normalized spacial score (nSPS) is 24.3. The van der Waals surface area contributed by atoms with Gasteiger partial charge in [-0.3, -0.25) is 14.8 Å². The molecule has 1 aliphatic carbocycles. The van der Waals surface area contributed by atoms with E-state index in [1.54, 1.807) is 6.92 Å². The zero-order chi connectivity index (χ0) is 35.9. The quantitative estimate of drug-likeness (QED) is 0.229. The Morgan fingerprint density at radius 1 is 1.15 bits per heavy atom. The Morgan fingerprint density at radius 3 is 2.62 bits per heavy atom. The summed E-state index contributed by atoms with van der Waals surface area (Å²) in [5, 5.41) is 21.1. The van der Waals surface area contributed by atoms with E-state index in [4.69, 9.17) is 31.7 Å². The lowest BCUT2D eigenvalue weighted by molar-refractivity contribution is 0.111. The standard InChI is InChI=1S/C37H39F2N9O3S/c1-19(49)11-47-13-21-3-4-22(14-47)48(21)35-29-25-16-50-15-24(25)27(31-28-23(9-40)34(41)52-33(28)26(38)10-43-31)30(39)32(29)44-36(45-35)51-18-37(6-7-37)17-46-8-5-20(12-46)42-2/h10,19-22,49H,3-8,11-18,41H2,1H3/t19-,20+,21?,22?/m1/s1. The lowest BCUT2D eigenvalue weighted by Crippen LogP contribution is -2.55. The van der Waals surface area contributed by atoms with E-state index in [-0.39, 0.29) is 80.2 Å². The number of piperazine rings is 1. The number of β-amino-alcohol motifs (C(OH)–C–C–N with tert-alkyl or cyclic N) is 1. The van der Waals surface area contributed by atoms with Gasteiger partial charge in [0.05, 0.1) is 60.0 Å². The molecule has 1 saturated carbocycles. The lowest BCUT2D eigenvalue weighted by atomic mass is 9.93. The van der Waals surface area contributed by atoms with Gasteiger partial charge >= 0.3 is 6.01 Å². The van der Waals surface area contributed by atoms with Crippen LogP contribution in [0.2, 0.25) is 0 Å². The number of hydrogen-bond donors (Lipinski definition) is 2. The Kier molecular flexibility index (Phi) is 8.21. The second kappa shape index (κ2) is 12.7. The molecule has 4 atom stereocenters. The number of benzene rings is 1. The van der Waals surface area contributed by atoms with Gasteiger partial charge in [0.1, 0.15) is 22.4 Å². The maximum atomic E-state index is 17.5. The molecule has 3 saturated heterocycles. The molecule has 2 unspecified atom stereocenters. The molecule has 270 valence electrons. The Labute approximate surface area is 303 Å². The fraction of sp³-hybridized carbons (Fsp3) is 0.541. The minimum absolute atomic E-state index is 0.0361. The van der Waals surface area contributed by atoms with Crippen molar-refractivity contribution < 1.29 is 23.4 Å². The van der Waals surface area contributed by atoms with Crippen LogP contribution >= 0.6 is 11.3 Å². The van der Waals surface area contributed by atoms with Crippen molar-refractivity contribution in [1.82, 2.24) is 24.8 Å². The van der Waals surface area contributed by atoms with Gasteiger partial charge in [0.15, 0.2) is 11.6 Å². The SMILES string of the molecule is [C-]#[N+][C@H]1CCN(CC2(COc3nc(N4C5CCC4CN(C[C@@H](C)O)C5)c4c5c(c(-c6ncc(F)c7sc(N)c(C#N)c67)c(F)c4n3)COC5)CC2)C1. The highest BCUT2D eigenvalue weighted by Crippen LogP contribution is 2.50. The molecule has 7 heterocycles. The van der Waals surface area contributed by atoms with Gasteiger partial charge in [-0.2, -0.15) is 15.2 Å². The first-order chi connectivity index (χ1) is 25.2. The summed E-state index contributed by atoms with van der Waals surface area (Å²) in [7, 11) is 0. The van der Waals surface area contributed by atoms with E-state index >= 15 is 8.78 Å². The number of likely N-dealkylation sites (tertiary alicyclic amines) is 2. The lowest BCUT2D eigenvalue weighted by Gasteiger charge is -2.42. The first kappa shape index (κ1) is 33.6. The molecule has 0 amide bonds. The van der Waals surface area contributed by atoms with Crippen LogP contribution in [-0.2, 0) is 18.0 Å². The number of anilines is 2. The summed E-state index contributed by atoms with van der Waals surface area (Å²) >= 11 is 0.940. The predicted molar refractivity (Wildman–Crippen MR) is 192 cm³/mol. The van der Waals surface area contributed by atoms with E-state index in [1.807, 2.05) is 0 Å². The molecule has 4 aromatic rings. The van der Waals surface area contributed by atoms with Crippen LogP contribution in [0.25, 0.3) is 37.1 Å². The number of rotatable bonds is 9. The molecule has 2 bridgehead atoms. The Hall–Kier alpha value is -4.25. The van der Waals surface area contributed by atoms with Gasteiger partial charge in [0.2, 0.25) is 6.04 Å². The zero-order valence-corrected chi connectivity index (χ0v) is 29.7. The topological polar surface area (TPSA) is 141 Å². The molecular formula is C37H39F2N9O3S. The second-order valence-corrected chi connectivity index (χ2v) is 16.3. The summed E-state index contributed by atoms with van der Waals surface area (Å²) in [6.45, 7) is 14.4. The molecular weight excluding hydrogens is 689 g/mol. The van der Waals surface area contributed by atoms with Crippen molar-refractivity contribution in [3.8, 4) is 23.3 Å². The van der Waals surface area contributed by atoms with Gasteiger partial charge < -0.3 is 30.1 Å². The second-order valence-electron chi connectivity index (χ2n) is 15.3. The molecule has 15 heteroatoms. The number of hydrogen-bond acceptors (Lipinski definition) is 12. The third-order valence-electron chi connectivity index (χ3n) is 11.6. The average Bonchev–Trinajstić information content (AvgIpc) is 3.46. The number of nitriles is 1. The zero-order valence-electron chi connectivity index (χ0n) is 28.9. The number of thiophene rings is 1. The fourth-order valence-corrected chi connectivity index (χ4v) is 9.94. The molecule has 52 heavy (non-hydrogen) atoms. The van der Waals surface area contributed by atoms with Crippen molar-refractivity contribution in [3.05, 3.63) is 45.9 Å². The summed E-state index contributed by atoms with van der Waals surface area (Å²) in [5.41, 5.74) is 7.74. The van der Waals surface area contributed by atoms with Crippen LogP contribution in [-0.4, -0.2) is 100.0 Å². The smallest absolute Gasteiger partial charge is 0.319 e. The van der Waals surface area contributed by atoms with Crippen LogP contribution in [0.3, 0.4) is 0 Å². The number of aromatic nitrogens is 3. The number of ether oxygens (including phenoxy) is 2. The van der Waals surface area contributed by atoms with Crippen LogP contribution < -0.4 is 15.4 Å². The van der Waals surface area contributed by atoms with Gasteiger partial charge in [-0.15, -0.1) is 11.3 Å². The van der Waals surface area contributed by atoms with Crippen LogP contribution in [0.5, 0.6) is 6.01 Å². The summed E-state index contributed by atoms with van der Waals surface area (Å²) in [4.78, 5) is 24.9. The van der Waals surface area contributed by atoms with E-state index in [9.17, 15) is 10.4 Å². The van der Waals surface area contributed by atoms with Crippen LogP contribution in [0.15, 0.2) is 6.20 Å². The van der Waals surface area contributed by atoms with Crippen molar-refractivity contribution in [2.75, 3.05) is 56.5 Å². The van der Waals surface area contributed by atoms with E-state index < -0.39 is 17.7 Å². The van der Waals surface area contributed by atoms with Gasteiger partial charge in [-0.05, 0) is 43.7 Å². The number of aliphatic hydroxyl groups is 1. The van der Waals surface area contributed by atoms with Crippen molar-refractivity contribution in [2.24, 2.45) is 5.41 Å². The Balaban J connectivity index is 1.18. The molecule has 0 spiro atoms. The van der Waals surface area contributed by atoms with Gasteiger partial charge in [-0.25, -0.2) is 15.4 Å². The Bertz CT molecular complexity index is 2180. The van der Waals surface area contributed by atoms with Crippen LogP contribution in [0.4, 0.5) is 19.6 Å². The minimum Gasteiger partial charge on any atom is -0.463 e. The van der Waals surface area contributed by atoms with Crippen molar-refractivity contribution in [1.29, 1.82) is 5.26 Å². The maximum absolute atomic E-state index is 17.5. The maximum Gasteiger partial charge on any atom is 0.319 e. The molecule has 4 fully saturated rings. The van der Waals surface area contributed by atoms with Gasteiger partial charge in [0.25, 0.3) is 0 Å². The molecule has 4 aliphatic heterocycles. The van der Waals surface area contributed by atoms with Gasteiger partial charge in [0, 0.05) is 67.6 Å². The number of pyridine rings is 1. The average molecular weight is 728 g/mol. The molecule has 0 radical (unpaired) electrons. The van der Waals surface area contributed by atoms with E-state index in [0.29, 0.717) is 29.9 Å². The predicted octanol–water partition coefficient (Wildman–Crippen LogP) is 4.86. The first-order valence-corrected chi connectivity index (χ1v) is 18.8. The molecule has 1 aromatic carbocycles. The summed E-state index contributed by atoms with van der Waals surface area (Å²) < 4.78 is 45.2. The number of nitrogen functional groups attached to an aromatic ring is 1. The first-order valence-electron chi connectivity index (χ1n) is 18.0. The Morgan fingerprint density at radius 2 is 1.92 bits per heavy atom. The minimum atomic E-state index is -0.662. The molecule has 5 aliphatic rings. The molecule has 3 N–H and O–H groups in total. The van der Waals surface area contributed by atoms with E-state index in [0.717, 1.165) is 87.9 Å². The molecule has 12 nitrogen and oxygen atoms in total. The highest BCUT2D eigenvalue weighted by molar-refractivity contribution is 7.23. The van der Waals surface area contributed by atoms with Gasteiger partial charge in [-0.1, -0.05) is 0 Å². The number of fused-ring (bicyclic) bond motifs is 6. The number of aliphatic hydroxyl groups excluding tert-OH is 1. The van der Waals surface area contributed by atoms with Crippen LogP contribution in [0, 0.1) is 35.0 Å². The van der Waals surface area contributed by atoms with Crippen molar-refractivity contribution >= 4 is 43.1 Å². The van der Waals surface area contributed by atoms with E-state index in [1.165, 1.54) is 0 Å². The fourth-order valence-electron chi connectivity index (χ4n) is 9.01. The number of nitrogens with two attached hydrogens (primary N) is 1. The largest absolute Gasteiger partial charge is 0.463 e. The summed E-state index contributed by atoms with van der Waals surface area (Å²) in [5.74, 6) is -0.690. The molecule has 3 aromatic heterocycles. The number of nitrogens with zero attached hydrogens (tertiary/aromatic N) is 8. The van der Waals surface area contributed by atoms with Crippen molar-refractivity contribution in [2.45, 2.75) is 76.5 Å². The summed E-state index contributed by atoms with van der Waals surface area (Å²) in [6.07, 6.45) is 5.31. The van der Waals surface area contributed by atoms with Crippen molar-refractivity contribution in [3.63, 3.8) is 0 Å². The number of halogens is 2. The highest BCUT2D eigenvalue weighted by atomic mass is 32.1.